The third-order valence-electron chi connectivity index (χ3n) is 3.05. The SMILES string of the molecule is Cc1ccc(-c2cc(CNC3CC3)sn2)cc1. The van der Waals surface area contributed by atoms with Crippen molar-refractivity contribution in [1.82, 2.24) is 9.69 Å². The second kappa shape index (κ2) is 4.59. The number of nitrogens with zero attached hydrogens (tertiary/aromatic N) is 1. The van der Waals surface area contributed by atoms with Gasteiger partial charge in [0.05, 0.1) is 5.69 Å². The Morgan fingerprint density at radius 2 is 2.06 bits per heavy atom. The molecule has 1 aromatic carbocycles. The lowest BCUT2D eigenvalue weighted by Crippen LogP contribution is -2.14. The molecule has 2 nitrogen and oxygen atoms in total. The van der Waals surface area contributed by atoms with Crippen LogP contribution in [0.25, 0.3) is 11.3 Å². The number of aromatic nitrogens is 1. The van der Waals surface area contributed by atoms with Crippen LogP contribution in [0.3, 0.4) is 0 Å². The van der Waals surface area contributed by atoms with Crippen molar-refractivity contribution in [1.29, 1.82) is 0 Å². The Bertz CT molecular complexity index is 497. The van der Waals surface area contributed by atoms with E-state index < -0.39 is 0 Å². The molecule has 1 heterocycles. The van der Waals surface area contributed by atoms with Crippen molar-refractivity contribution in [2.24, 2.45) is 0 Å². The Labute approximate surface area is 106 Å². The van der Waals surface area contributed by atoms with Gasteiger partial charge in [0.1, 0.15) is 0 Å². The van der Waals surface area contributed by atoms with Crippen LogP contribution in [0.15, 0.2) is 30.3 Å². The first-order chi connectivity index (χ1) is 8.31. The minimum Gasteiger partial charge on any atom is -0.309 e. The zero-order chi connectivity index (χ0) is 11.7. The van der Waals surface area contributed by atoms with Crippen LogP contribution in [0.1, 0.15) is 23.3 Å². The van der Waals surface area contributed by atoms with Crippen LogP contribution in [-0.2, 0) is 6.54 Å². The summed E-state index contributed by atoms with van der Waals surface area (Å²) < 4.78 is 4.52. The maximum absolute atomic E-state index is 4.52. The zero-order valence-electron chi connectivity index (χ0n) is 9.94. The minimum absolute atomic E-state index is 0.764. The van der Waals surface area contributed by atoms with Gasteiger partial charge in [-0.2, -0.15) is 4.37 Å². The van der Waals surface area contributed by atoms with Gasteiger partial charge in [0.25, 0.3) is 0 Å². The fourth-order valence-electron chi connectivity index (χ4n) is 1.79. The number of benzene rings is 1. The summed E-state index contributed by atoms with van der Waals surface area (Å²) in [5.74, 6) is 0. The standard InChI is InChI=1S/C14H16N2S/c1-10-2-4-11(5-3-10)14-8-13(17-16-14)9-15-12-6-7-12/h2-5,8,12,15H,6-7,9H2,1H3. The van der Waals surface area contributed by atoms with E-state index in [2.05, 4.69) is 46.9 Å². The van der Waals surface area contributed by atoms with Gasteiger partial charge in [-0.1, -0.05) is 29.8 Å². The fraction of sp³-hybridized carbons (Fsp3) is 0.357. The molecule has 17 heavy (non-hydrogen) atoms. The average molecular weight is 244 g/mol. The van der Waals surface area contributed by atoms with Crippen LogP contribution in [0, 0.1) is 6.92 Å². The van der Waals surface area contributed by atoms with Crippen molar-refractivity contribution in [3.8, 4) is 11.3 Å². The molecule has 1 aromatic heterocycles. The summed E-state index contributed by atoms with van der Waals surface area (Å²) in [6.07, 6.45) is 2.67. The van der Waals surface area contributed by atoms with E-state index in [9.17, 15) is 0 Å². The third-order valence-corrected chi connectivity index (χ3v) is 3.83. The topological polar surface area (TPSA) is 24.9 Å². The van der Waals surface area contributed by atoms with Crippen LogP contribution >= 0.6 is 11.5 Å². The van der Waals surface area contributed by atoms with Crippen molar-refractivity contribution < 1.29 is 0 Å². The van der Waals surface area contributed by atoms with E-state index in [0.717, 1.165) is 18.3 Å². The lowest BCUT2D eigenvalue weighted by atomic mass is 10.1. The number of nitrogens with one attached hydrogen (secondary N) is 1. The predicted octanol–water partition coefficient (Wildman–Crippen LogP) is 3.37. The minimum atomic E-state index is 0.764. The summed E-state index contributed by atoms with van der Waals surface area (Å²) in [5.41, 5.74) is 3.60. The lowest BCUT2D eigenvalue weighted by Gasteiger charge is -1.98. The molecule has 0 radical (unpaired) electrons. The molecule has 0 aliphatic heterocycles. The molecule has 0 saturated heterocycles. The first kappa shape index (κ1) is 10.9. The first-order valence-electron chi connectivity index (χ1n) is 6.07. The Kier molecular flexibility index (Phi) is 2.95. The van der Waals surface area contributed by atoms with Gasteiger partial charge in [-0.3, -0.25) is 0 Å². The van der Waals surface area contributed by atoms with E-state index in [-0.39, 0.29) is 0 Å². The van der Waals surface area contributed by atoms with Crippen molar-refractivity contribution in [2.45, 2.75) is 32.4 Å². The van der Waals surface area contributed by atoms with E-state index in [1.54, 1.807) is 11.5 Å². The number of hydrogen-bond acceptors (Lipinski definition) is 3. The summed E-state index contributed by atoms with van der Waals surface area (Å²) in [4.78, 5) is 1.33. The van der Waals surface area contributed by atoms with Crippen molar-refractivity contribution in [2.75, 3.05) is 0 Å². The van der Waals surface area contributed by atoms with Gasteiger partial charge in [-0.25, -0.2) is 0 Å². The molecule has 1 saturated carbocycles. The molecular formula is C14H16N2S. The molecule has 0 amide bonds. The molecule has 0 spiro atoms. The highest BCUT2D eigenvalue weighted by Crippen LogP contribution is 2.24. The summed E-state index contributed by atoms with van der Waals surface area (Å²) in [7, 11) is 0. The van der Waals surface area contributed by atoms with Crippen LogP contribution in [0.5, 0.6) is 0 Å². The quantitative estimate of drug-likeness (QED) is 0.892. The van der Waals surface area contributed by atoms with Crippen LogP contribution < -0.4 is 5.32 Å². The van der Waals surface area contributed by atoms with Crippen LogP contribution in [0.2, 0.25) is 0 Å². The van der Waals surface area contributed by atoms with Gasteiger partial charge in [-0.15, -0.1) is 0 Å². The second-order valence-corrected chi connectivity index (χ2v) is 5.59. The molecule has 1 aliphatic carbocycles. The number of aryl methyl sites for hydroxylation is 1. The molecule has 3 rings (SSSR count). The molecule has 1 aliphatic rings. The van der Waals surface area contributed by atoms with E-state index in [1.807, 2.05) is 0 Å². The Balaban J connectivity index is 1.72. The van der Waals surface area contributed by atoms with E-state index in [1.165, 1.54) is 28.8 Å². The summed E-state index contributed by atoms with van der Waals surface area (Å²) >= 11 is 1.61. The lowest BCUT2D eigenvalue weighted by molar-refractivity contribution is 0.695. The van der Waals surface area contributed by atoms with E-state index in [4.69, 9.17) is 0 Å². The molecule has 1 N–H and O–H groups in total. The molecular weight excluding hydrogens is 228 g/mol. The summed E-state index contributed by atoms with van der Waals surface area (Å²) in [6.45, 7) is 3.07. The molecule has 1 fully saturated rings. The highest BCUT2D eigenvalue weighted by molar-refractivity contribution is 7.06. The molecule has 0 unspecified atom stereocenters. The van der Waals surface area contributed by atoms with Crippen molar-refractivity contribution in [3.05, 3.63) is 40.8 Å². The van der Waals surface area contributed by atoms with E-state index in [0.29, 0.717) is 0 Å². The number of hydrogen-bond donors (Lipinski definition) is 1. The van der Waals surface area contributed by atoms with Crippen LogP contribution in [-0.4, -0.2) is 10.4 Å². The fourth-order valence-corrected chi connectivity index (χ4v) is 2.47. The highest BCUT2D eigenvalue weighted by atomic mass is 32.1. The van der Waals surface area contributed by atoms with Gasteiger partial charge in [-0.05, 0) is 37.4 Å². The molecule has 0 atom stereocenters. The maximum Gasteiger partial charge on any atom is 0.0844 e. The third kappa shape index (κ3) is 2.73. The summed E-state index contributed by atoms with van der Waals surface area (Å²) in [6, 6.07) is 11.5. The Morgan fingerprint density at radius 1 is 1.29 bits per heavy atom. The Hall–Kier alpha value is -1.19. The van der Waals surface area contributed by atoms with Gasteiger partial charge in [0, 0.05) is 23.0 Å². The normalized spacial score (nSPS) is 15.1. The molecule has 2 aromatic rings. The number of rotatable bonds is 4. The Morgan fingerprint density at radius 3 is 2.76 bits per heavy atom. The smallest absolute Gasteiger partial charge is 0.0844 e. The zero-order valence-corrected chi connectivity index (χ0v) is 10.8. The molecule has 3 heteroatoms. The van der Waals surface area contributed by atoms with Gasteiger partial charge in [0.15, 0.2) is 0 Å². The highest BCUT2D eigenvalue weighted by Gasteiger charge is 2.20. The van der Waals surface area contributed by atoms with Gasteiger partial charge < -0.3 is 5.32 Å². The second-order valence-electron chi connectivity index (χ2n) is 4.70. The predicted molar refractivity (Wildman–Crippen MR) is 72.1 cm³/mol. The monoisotopic (exact) mass is 244 g/mol. The van der Waals surface area contributed by atoms with E-state index >= 15 is 0 Å². The molecule has 88 valence electrons. The average Bonchev–Trinajstić information content (AvgIpc) is 3.06. The van der Waals surface area contributed by atoms with Crippen molar-refractivity contribution in [3.63, 3.8) is 0 Å². The van der Waals surface area contributed by atoms with Crippen LogP contribution in [0.4, 0.5) is 0 Å². The summed E-state index contributed by atoms with van der Waals surface area (Å²) in [5, 5.41) is 3.52. The maximum atomic E-state index is 4.52. The molecule has 0 bridgehead atoms. The van der Waals surface area contributed by atoms with Crippen molar-refractivity contribution >= 4 is 11.5 Å². The van der Waals surface area contributed by atoms with Gasteiger partial charge in [0.2, 0.25) is 0 Å². The largest absolute Gasteiger partial charge is 0.309 e. The van der Waals surface area contributed by atoms with Gasteiger partial charge >= 0.3 is 0 Å². The first-order valence-corrected chi connectivity index (χ1v) is 6.84.